The third kappa shape index (κ3) is 4.78. The Balaban J connectivity index is 1.65. The van der Waals surface area contributed by atoms with Crippen molar-refractivity contribution in [1.82, 2.24) is 15.0 Å². The molecule has 0 unspecified atom stereocenters. The largest absolute Gasteiger partial charge is 0.545 e. The summed E-state index contributed by atoms with van der Waals surface area (Å²) < 4.78 is 0. The fourth-order valence-corrected chi connectivity index (χ4v) is 3.22. The van der Waals surface area contributed by atoms with Gasteiger partial charge in [-0.2, -0.15) is 15.0 Å². The third-order valence-electron chi connectivity index (χ3n) is 4.65. The average molecular weight is 389 g/mol. The lowest BCUT2D eigenvalue weighted by Gasteiger charge is -2.27. The molecule has 2 heterocycles. The van der Waals surface area contributed by atoms with E-state index in [1.54, 1.807) is 12.1 Å². The highest BCUT2D eigenvalue weighted by molar-refractivity contribution is 5.87. The predicted octanol–water partition coefficient (Wildman–Crippen LogP) is 2.71. The first-order valence-corrected chi connectivity index (χ1v) is 9.59. The van der Waals surface area contributed by atoms with Gasteiger partial charge < -0.3 is 25.4 Å². The molecule has 0 radical (unpaired) electrons. The van der Waals surface area contributed by atoms with Crippen molar-refractivity contribution < 1.29 is 9.90 Å². The number of carbonyl (C=O) groups is 1. The molecule has 29 heavy (non-hydrogen) atoms. The number of nitrogens with zero attached hydrogens (tertiary/aromatic N) is 4. The molecule has 8 heteroatoms. The molecule has 0 aliphatic carbocycles. The van der Waals surface area contributed by atoms with E-state index in [9.17, 15) is 9.90 Å². The molecule has 0 saturated carbocycles. The standard InChI is InChI=1S/C21H22N6O2/c28-18(29)15-8-7-11-17(14-15)23-20-24-19(22-16-9-3-1-4-10-16)25-21(26-20)27-12-5-2-6-13-27/h1,3-4,7-11,14H,2,5-6,12-13H2,(H,28,29)(H2,22,23,24,25,26)/p-1. The van der Waals surface area contributed by atoms with Gasteiger partial charge in [-0.05, 0) is 49.1 Å². The van der Waals surface area contributed by atoms with Crippen LogP contribution in [0.3, 0.4) is 0 Å². The molecule has 2 aromatic carbocycles. The quantitative estimate of drug-likeness (QED) is 0.663. The lowest BCUT2D eigenvalue weighted by molar-refractivity contribution is -0.255. The van der Waals surface area contributed by atoms with Crippen LogP contribution in [0.25, 0.3) is 0 Å². The number of carbonyl (C=O) groups excluding carboxylic acids is 1. The predicted molar refractivity (Wildman–Crippen MR) is 110 cm³/mol. The summed E-state index contributed by atoms with van der Waals surface area (Å²) in [5.74, 6) is 0.126. The van der Waals surface area contributed by atoms with Crippen molar-refractivity contribution in [2.24, 2.45) is 0 Å². The summed E-state index contributed by atoms with van der Waals surface area (Å²) in [6, 6.07) is 16.0. The Hall–Kier alpha value is -3.68. The van der Waals surface area contributed by atoms with E-state index in [0.717, 1.165) is 31.6 Å². The normalized spacial score (nSPS) is 13.7. The Kier molecular flexibility index (Phi) is 5.51. The Bertz CT molecular complexity index is 989. The molecule has 1 saturated heterocycles. The zero-order valence-electron chi connectivity index (χ0n) is 15.8. The van der Waals surface area contributed by atoms with Crippen molar-refractivity contribution in [3.05, 3.63) is 60.2 Å². The van der Waals surface area contributed by atoms with Crippen LogP contribution in [0.15, 0.2) is 54.6 Å². The van der Waals surface area contributed by atoms with E-state index in [1.807, 2.05) is 30.3 Å². The highest BCUT2D eigenvalue weighted by Crippen LogP contribution is 2.22. The van der Waals surface area contributed by atoms with Crippen LogP contribution in [0.1, 0.15) is 29.6 Å². The van der Waals surface area contributed by atoms with Gasteiger partial charge in [0.25, 0.3) is 0 Å². The van der Waals surface area contributed by atoms with Crippen LogP contribution in [-0.4, -0.2) is 34.0 Å². The number of rotatable bonds is 6. The average Bonchev–Trinajstić information content (AvgIpc) is 2.75. The number of benzene rings is 2. The summed E-state index contributed by atoms with van der Waals surface area (Å²) in [4.78, 5) is 26.9. The first-order chi connectivity index (χ1) is 14.2. The van der Waals surface area contributed by atoms with Crippen LogP contribution in [0.2, 0.25) is 0 Å². The third-order valence-corrected chi connectivity index (χ3v) is 4.65. The maximum atomic E-state index is 11.1. The summed E-state index contributed by atoms with van der Waals surface area (Å²) in [7, 11) is 0. The minimum absolute atomic E-state index is 0.0861. The lowest BCUT2D eigenvalue weighted by Crippen LogP contribution is -2.31. The molecule has 1 aromatic heterocycles. The van der Waals surface area contributed by atoms with Crippen molar-refractivity contribution >= 4 is 35.2 Å². The highest BCUT2D eigenvalue weighted by atomic mass is 16.4. The number of para-hydroxylation sites is 1. The summed E-state index contributed by atoms with van der Waals surface area (Å²) >= 11 is 0. The van der Waals surface area contributed by atoms with Gasteiger partial charge in [0.05, 0.1) is 5.97 Å². The number of aromatic carboxylic acids is 1. The first kappa shape index (κ1) is 18.7. The Morgan fingerprint density at radius 3 is 2.17 bits per heavy atom. The van der Waals surface area contributed by atoms with E-state index in [-0.39, 0.29) is 5.56 Å². The second-order valence-corrected chi connectivity index (χ2v) is 6.81. The fraction of sp³-hybridized carbons (Fsp3) is 0.238. The van der Waals surface area contributed by atoms with Gasteiger partial charge in [-0.15, -0.1) is 0 Å². The van der Waals surface area contributed by atoms with Gasteiger partial charge in [0.15, 0.2) is 0 Å². The van der Waals surface area contributed by atoms with Crippen LogP contribution >= 0.6 is 0 Å². The Morgan fingerprint density at radius 1 is 0.828 bits per heavy atom. The maximum absolute atomic E-state index is 11.1. The summed E-state index contributed by atoms with van der Waals surface area (Å²) in [5, 5.41) is 17.4. The van der Waals surface area contributed by atoms with E-state index >= 15 is 0 Å². The molecule has 1 aliphatic rings. The number of hydrogen-bond acceptors (Lipinski definition) is 8. The molecule has 2 N–H and O–H groups in total. The molecular formula is C21H21N6O2-. The first-order valence-electron chi connectivity index (χ1n) is 9.59. The molecular weight excluding hydrogens is 368 g/mol. The fourth-order valence-electron chi connectivity index (χ4n) is 3.22. The molecule has 0 spiro atoms. The summed E-state index contributed by atoms with van der Waals surface area (Å²) in [5.41, 5.74) is 1.52. The van der Waals surface area contributed by atoms with Gasteiger partial charge in [0.2, 0.25) is 17.8 Å². The van der Waals surface area contributed by atoms with Crippen molar-refractivity contribution in [2.75, 3.05) is 28.6 Å². The second-order valence-electron chi connectivity index (χ2n) is 6.81. The molecule has 1 fully saturated rings. The van der Waals surface area contributed by atoms with Crippen LogP contribution in [0.4, 0.5) is 29.2 Å². The van der Waals surface area contributed by atoms with Crippen LogP contribution < -0.4 is 20.6 Å². The SMILES string of the molecule is O=C([O-])c1cccc(Nc2nc(Nc3ccccc3)nc(N3CCCCC3)n2)c1. The van der Waals surface area contributed by atoms with Crippen molar-refractivity contribution in [3.8, 4) is 0 Å². The van der Waals surface area contributed by atoms with Gasteiger partial charge in [-0.1, -0.05) is 30.3 Å². The number of piperidine rings is 1. The number of hydrogen-bond donors (Lipinski definition) is 2. The van der Waals surface area contributed by atoms with Gasteiger partial charge >= 0.3 is 0 Å². The van der Waals surface area contributed by atoms with E-state index in [2.05, 4.69) is 30.5 Å². The number of carboxylic acids is 1. The van der Waals surface area contributed by atoms with Crippen LogP contribution in [0.5, 0.6) is 0 Å². The van der Waals surface area contributed by atoms with Gasteiger partial charge in [0.1, 0.15) is 0 Å². The summed E-state index contributed by atoms with van der Waals surface area (Å²) in [6.07, 6.45) is 3.41. The smallest absolute Gasteiger partial charge is 0.233 e. The van der Waals surface area contributed by atoms with E-state index < -0.39 is 5.97 Å². The molecule has 0 amide bonds. The topological polar surface area (TPSA) is 106 Å². The summed E-state index contributed by atoms with van der Waals surface area (Å²) in [6.45, 7) is 1.79. The maximum Gasteiger partial charge on any atom is 0.233 e. The van der Waals surface area contributed by atoms with E-state index in [0.29, 0.717) is 23.5 Å². The van der Waals surface area contributed by atoms with Crippen LogP contribution in [0, 0.1) is 0 Å². The van der Waals surface area contributed by atoms with Gasteiger partial charge in [-0.25, -0.2) is 0 Å². The second kappa shape index (κ2) is 8.55. The zero-order valence-corrected chi connectivity index (χ0v) is 15.8. The highest BCUT2D eigenvalue weighted by Gasteiger charge is 2.16. The molecule has 0 bridgehead atoms. The monoisotopic (exact) mass is 389 g/mol. The Morgan fingerprint density at radius 2 is 1.48 bits per heavy atom. The van der Waals surface area contributed by atoms with Gasteiger partial charge in [-0.3, -0.25) is 0 Å². The Labute approximate surface area is 168 Å². The van der Waals surface area contributed by atoms with E-state index in [4.69, 9.17) is 0 Å². The minimum atomic E-state index is -1.23. The lowest BCUT2D eigenvalue weighted by atomic mass is 10.1. The zero-order chi connectivity index (χ0) is 20.1. The van der Waals surface area contributed by atoms with Crippen molar-refractivity contribution in [1.29, 1.82) is 0 Å². The molecule has 0 atom stereocenters. The van der Waals surface area contributed by atoms with Crippen molar-refractivity contribution in [2.45, 2.75) is 19.3 Å². The number of nitrogens with one attached hydrogen (secondary N) is 2. The number of aromatic nitrogens is 3. The molecule has 3 aromatic rings. The molecule has 148 valence electrons. The molecule has 8 nitrogen and oxygen atoms in total. The van der Waals surface area contributed by atoms with Crippen LogP contribution in [-0.2, 0) is 0 Å². The van der Waals surface area contributed by atoms with E-state index in [1.165, 1.54) is 18.6 Å². The number of anilines is 5. The number of carboxylic acid groups (broad SMARTS) is 1. The van der Waals surface area contributed by atoms with Crippen molar-refractivity contribution in [3.63, 3.8) is 0 Å². The van der Waals surface area contributed by atoms with Gasteiger partial charge in [0, 0.05) is 24.5 Å². The molecule has 1 aliphatic heterocycles. The molecule has 4 rings (SSSR count). The minimum Gasteiger partial charge on any atom is -0.545 e.